The third kappa shape index (κ3) is 4.06. The van der Waals surface area contributed by atoms with Crippen LogP contribution in [0.4, 0.5) is 11.4 Å². The molecule has 0 saturated carbocycles. The van der Waals surface area contributed by atoms with E-state index in [1.54, 1.807) is 12.4 Å². The van der Waals surface area contributed by atoms with Crippen LogP contribution < -0.4 is 10.2 Å². The number of fused-ring (bicyclic) bond motifs is 2. The number of aromatic nitrogens is 7. The minimum Gasteiger partial charge on any atom is -0.374 e. The fraction of sp³-hybridized carbons (Fsp3) is 0.320. The number of piperidine rings is 1. The van der Waals surface area contributed by atoms with Gasteiger partial charge < -0.3 is 20.3 Å². The number of H-pyrrole nitrogens is 2. The number of nitrogens with one attached hydrogen (secondary N) is 3. The first-order valence-corrected chi connectivity index (χ1v) is 12.0. The molecule has 1 aliphatic rings. The third-order valence-corrected chi connectivity index (χ3v) is 6.45. The summed E-state index contributed by atoms with van der Waals surface area (Å²) in [5.41, 5.74) is 7.21. The molecule has 4 N–H and O–H groups in total. The zero-order chi connectivity index (χ0) is 23.8. The summed E-state index contributed by atoms with van der Waals surface area (Å²) in [5, 5.41) is 20.6. The Labute approximate surface area is 201 Å². The molecule has 178 valence electrons. The molecule has 1 unspecified atom stereocenters. The Hall–Kier alpha value is -4.05. The molecule has 0 aliphatic carbocycles. The van der Waals surface area contributed by atoms with E-state index in [4.69, 9.17) is 9.97 Å². The lowest BCUT2D eigenvalue weighted by Crippen LogP contribution is -2.29. The van der Waals surface area contributed by atoms with Crippen LogP contribution >= 0.6 is 0 Å². The molecule has 0 spiro atoms. The number of aliphatic hydroxyl groups is 1. The van der Waals surface area contributed by atoms with Gasteiger partial charge in [0.25, 0.3) is 0 Å². The summed E-state index contributed by atoms with van der Waals surface area (Å²) >= 11 is 0. The van der Waals surface area contributed by atoms with Gasteiger partial charge in [-0.25, -0.2) is 15.0 Å². The van der Waals surface area contributed by atoms with Crippen molar-refractivity contribution in [2.45, 2.75) is 38.8 Å². The van der Waals surface area contributed by atoms with Crippen molar-refractivity contribution in [1.29, 1.82) is 0 Å². The predicted octanol–water partition coefficient (Wildman–Crippen LogP) is 4.09. The second-order valence-electron chi connectivity index (χ2n) is 8.86. The number of hydrogen-bond donors (Lipinski definition) is 4. The van der Waals surface area contributed by atoms with Crippen molar-refractivity contribution in [3.63, 3.8) is 0 Å². The molecule has 1 saturated heterocycles. The largest absolute Gasteiger partial charge is 0.374 e. The summed E-state index contributed by atoms with van der Waals surface area (Å²) in [6.45, 7) is 3.98. The van der Waals surface area contributed by atoms with E-state index >= 15 is 0 Å². The summed E-state index contributed by atoms with van der Waals surface area (Å²) in [6.07, 6.45) is 8.91. The van der Waals surface area contributed by atoms with Crippen LogP contribution in [0.25, 0.3) is 45.0 Å². The summed E-state index contributed by atoms with van der Waals surface area (Å²) in [7, 11) is 0. The minimum absolute atomic E-state index is 0.596. The van der Waals surface area contributed by atoms with Gasteiger partial charge in [0.2, 0.25) is 0 Å². The number of hydrogen-bond acceptors (Lipinski definition) is 8. The summed E-state index contributed by atoms with van der Waals surface area (Å²) in [4.78, 5) is 24.4. The van der Waals surface area contributed by atoms with Gasteiger partial charge in [-0.2, -0.15) is 5.10 Å². The Kier molecular flexibility index (Phi) is 5.49. The lowest BCUT2D eigenvalue weighted by Gasteiger charge is -2.28. The number of pyridine rings is 3. The summed E-state index contributed by atoms with van der Waals surface area (Å²) in [5.74, 6) is 0.632. The molecule has 5 aromatic rings. The average Bonchev–Trinajstić information content (AvgIpc) is 3.53. The number of aromatic amines is 2. The van der Waals surface area contributed by atoms with Gasteiger partial charge in [-0.3, -0.25) is 10.1 Å². The topological polar surface area (TPSA) is 132 Å². The molecule has 0 aromatic carbocycles. The van der Waals surface area contributed by atoms with Gasteiger partial charge in [-0.05, 0) is 49.9 Å². The molecular formula is C25H27N9O. The van der Waals surface area contributed by atoms with E-state index in [9.17, 15) is 5.11 Å². The van der Waals surface area contributed by atoms with Crippen molar-refractivity contribution in [2.75, 3.05) is 23.3 Å². The first-order chi connectivity index (χ1) is 17.2. The fourth-order valence-corrected chi connectivity index (χ4v) is 4.58. The number of aliphatic hydroxyl groups excluding tert-OH is 1. The van der Waals surface area contributed by atoms with Gasteiger partial charge in [0.05, 0.1) is 28.8 Å². The monoisotopic (exact) mass is 469 g/mol. The fourth-order valence-electron chi connectivity index (χ4n) is 4.58. The SMILES string of the molecule is CCC(O)Nc1cncc(-c2ccc3[nH]nc(-c4nc5c(N6CCCCC6)ccnc5[nH]4)c3n2)c1. The second kappa shape index (κ2) is 8.95. The highest BCUT2D eigenvalue weighted by Crippen LogP contribution is 2.31. The maximum Gasteiger partial charge on any atom is 0.162 e. The standard InChI is InChI=1S/C25H27N9O/c1-2-20(35)28-16-12-15(13-26-14-16)17-6-7-18-21(29-17)23(33-32-18)25-30-22-19(8-9-27-24(22)31-25)34-10-4-3-5-11-34/h6-9,12-14,20,28,35H,2-5,10-11H2,1H3,(H,32,33)(H,27,30,31). The van der Waals surface area contributed by atoms with E-state index in [2.05, 4.69) is 35.4 Å². The number of rotatable bonds is 6. The smallest absolute Gasteiger partial charge is 0.162 e. The Morgan fingerprint density at radius 1 is 1.09 bits per heavy atom. The summed E-state index contributed by atoms with van der Waals surface area (Å²) < 4.78 is 0. The third-order valence-electron chi connectivity index (χ3n) is 6.45. The maximum absolute atomic E-state index is 9.93. The maximum atomic E-state index is 9.93. The van der Waals surface area contributed by atoms with Crippen molar-refractivity contribution in [1.82, 2.24) is 35.1 Å². The number of imidazole rings is 1. The zero-order valence-electron chi connectivity index (χ0n) is 19.5. The van der Waals surface area contributed by atoms with Crippen LogP contribution in [-0.2, 0) is 0 Å². The van der Waals surface area contributed by atoms with Gasteiger partial charge in [-0.15, -0.1) is 0 Å². The molecule has 0 bridgehead atoms. The van der Waals surface area contributed by atoms with Gasteiger partial charge in [-0.1, -0.05) is 6.92 Å². The van der Waals surface area contributed by atoms with Crippen molar-refractivity contribution >= 4 is 33.6 Å². The van der Waals surface area contributed by atoms with E-state index in [0.717, 1.165) is 52.4 Å². The Morgan fingerprint density at radius 3 is 2.83 bits per heavy atom. The van der Waals surface area contributed by atoms with Crippen LogP contribution in [0.5, 0.6) is 0 Å². The second-order valence-corrected chi connectivity index (χ2v) is 8.86. The van der Waals surface area contributed by atoms with E-state index in [1.807, 2.05) is 37.4 Å². The predicted molar refractivity (Wildman–Crippen MR) is 136 cm³/mol. The van der Waals surface area contributed by atoms with E-state index in [-0.39, 0.29) is 0 Å². The highest BCUT2D eigenvalue weighted by atomic mass is 16.3. The molecule has 6 rings (SSSR count). The van der Waals surface area contributed by atoms with Crippen LogP contribution in [0.1, 0.15) is 32.6 Å². The summed E-state index contributed by atoms with van der Waals surface area (Å²) in [6, 6.07) is 7.85. The molecular weight excluding hydrogens is 442 g/mol. The Morgan fingerprint density at radius 2 is 1.97 bits per heavy atom. The van der Waals surface area contributed by atoms with Crippen LogP contribution in [-0.4, -0.2) is 59.5 Å². The molecule has 10 heteroatoms. The van der Waals surface area contributed by atoms with Gasteiger partial charge in [0.1, 0.15) is 17.3 Å². The highest BCUT2D eigenvalue weighted by Gasteiger charge is 2.20. The lowest BCUT2D eigenvalue weighted by atomic mass is 10.1. The highest BCUT2D eigenvalue weighted by molar-refractivity contribution is 5.93. The first kappa shape index (κ1) is 21.5. The van der Waals surface area contributed by atoms with Crippen molar-refractivity contribution in [2.24, 2.45) is 0 Å². The lowest BCUT2D eigenvalue weighted by molar-refractivity contribution is 0.199. The molecule has 0 radical (unpaired) electrons. The van der Waals surface area contributed by atoms with Crippen LogP contribution in [0.2, 0.25) is 0 Å². The normalized spacial score (nSPS) is 15.1. The quantitative estimate of drug-likeness (QED) is 0.274. The van der Waals surface area contributed by atoms with Gasteiger partial charge in [0, 0.05) is 31.0 Å². The zero-order valence-corrected chi connectivity index (χ0v) is 19.5. The Bertz CT molecular complexity index is 1490. The number of anilines is 2. The Balaban J connectivity index is 1.39. The van der Waals surface area contributed by atoms with Crippen LogP contribution in [0, 0.1) is 0 Å². The van der Waals surface area contributed by atoms with Gasteiger partial charge in [0.15, 0.2) is 17.2 Å². The molecule has 5 aromatic heterocycles. The molecule has 10 nitrogen and oxygen atoms in total. The number of nitrogens with zero attached hydrogens (tertiary/aromatic N) is 6. The molecule has 35 heavy (non-hydrogen) atoms. The molecule has 1 fully saturated rings. The molecule has 1 atom stereocenters. The van der Waals surface area contributed by atoms with Gasteiger partial charge >= 0.3 is 0 Å². The van der Waals surface area contributed by atoms with E-state index in [1.165, 1.54) is 19.3 Å². The van der Waals surface area contributed by atoms with Crippen molar-refractivity contribution in [3.8, 4) is 22.8 Å². The average molecular weight is 470 g/mol. The van der Waals surface area contributed by atoms with Crippen LogP contribution in [0.3, 0.4) is 0 Å². The molecule has 6 heterocycles. The first-order valence-electron chi connectivity index (χ1n) is 12.0. The van der Waals surface area contributed by atoms with E-state index in [0.29, 0.717) is 23.5 Å². The van der Waals surface area contributed by atoms with Crippen molar-refractivity contribution < 1.29 is 5.11 Å². The molecule has 1 aliphatic heterocycles. The van der Waals surface area contributed by atoms with Crippen molar-refractivity contribution in [3.05, 3.63) is 42.9 Å². The van der Waals surface area contributed by atoms with E-state index < -0.39 is 6.23 Å². The minimum atomic E-state index is -0.625. The van der Waals surface area contributed by atoms with Crippen LogP contribution in [0.15, 0.2) is 42.9 Å². The molecule has 0 amide bonds.